The van der Waals surface area contributed by atoms with Gasteiger partial charge in [0.05, 0.1) is 18.6 Å². The Morgan fingerprint density at radius 1 is 1.19 bits per heavy atom. The van der Waals surface area contributed by atoms with Crippen LogP contribution in [-0.4, -0.2) is 32.7 Å². The van der Waals surface area contributed by atoms with E-state index >= 15 is 0 Å². The Kier molecular flexibility index (Phi) is 4.70. The average molecular weight is 304 g/mol. The monoisotopic (exact) mass is 304 g/mol. The van der Waals surface area contributed by atoms with E-state index in [1.165, 1.54) is 6.26 Å². The molecule has 0 amide bonds. The van der Waals surface area contributed by atoms with Crippen LogP contribution in [0.3, 0.4) is 0 Å². The summed E-state index contributed by atoms with van der Waals surface area (Å²) in [5, 5.41) is 0. The molecule has 0 aliphatic carbocycles. The number of benzene rings is 1. The highest BCUT2D eigenvalue weighted by Crippen LogP contribution is 2.11. The number of sulfone groups is 1. The van der Waals surface area contributed by atoms with E-state index in [4.69, 9.17) is 4.74 Å². The van der Waals surface area contributed by atoms with Crippen molar-refractivity contribution in [1.29, 1.82) is 0 Å². The van der Waals surface area contributed by atoms with E-state index < -0.39 is 9.84 Å². The zero-order valence-corrected chi connectivity index (χ0v) is 12.7. The predicted molar refractivity (Wildman–Crippen MR) is 81.0 cm³/mol. The molecule has 0 aliphatic heterocycles. The van der Waals surface area contributed by atoms with Crippen LogP contribution in [0.2, 0.25) is 0 Å². The second-order valence-corrected chi connectivity index (χ2v) is 6.47. The number of aliphatic imine (C=N–C) groups is 1. The van der Waals surface area contributed by atoms with Gasteiger partial charge in [0.15, 0.2) is 9.84 Å². The molecule has 0 atom stereocenters. The molecule has 0 aliphatic rings. The number of hydrogen-bond donors (Lipinski definition) is 0. The molecule has 1 heterocycles. The molecule has 1 aromatic carbocycles. The summed E-state index contributed by atoms with van der Waals surface area (Å²) in [6, 6.07) is 12.1. The third-order valence-corrected chi connectivity index (χ3v) is 3.96. The Bertz CT molecular complexity index is 723. The Balaban J connectivity index is 2.16. The molecule has 21 heavy (non-hydrogen) atoms. The van der Waals surface area contributed by atoms with Crippen molar-refractivity contribution in [3.8, 4) is 0 Å². The number of ether oxygens (including phenoxy) is 1. The highest BCUT2D eigenvalue weighted by molar-refractivity contribution is 7.90. The van der Waals surface area contributed by atoms with Crippen molar-refractivity contribution in [3.63, 3.8) is 0 Å². The van der Waals surface area contributed by atoms with Crippen LogP contribution < -0.4 is 0 Å². The normalized spacial score (nSPS) is 12.2. The number of pyridine rings is 1. The maximum atomic E-state index is 11.4. The molecule has 0 bridgehead atoms. The summed E-state index contributed by atoms with van der Waals surface area (Å²) in [5.41, 5.74) is 1.56. The Hall–Kier alpha value is -2.21. The van der Waals surface area contributed by atoms with Gasteiger partial charge in [-0.1, -0.05) is 18.2 Å². The van der Waals surface area contributed by atoms with Crippen LogP contribution in [0.5, 0.6) is 0 Å². The van der Waals surface area contributed by atoms with Crippen molar-refractivity contribution < 1.29 is 13.2 Å². The molecule has 0 fully saturated rings. The predicted octanol–water partition coefficient (Wildman–Crippen LogP) is 2.08. The van der Waals surface area contributed by atoms with Crippen LogP contribution in [0.1, 0.15) is 11.3 Å². The van der Waals surface area contributed by atoms with E-state index in [0.29, 0.717) is 23.0 Å². The minimum atomic E-state index is -3.17. The van der Waals surface area contributed by atoms with Gasteiger partial charge in [0.25, 0.3) is 0 Å². The Morgan fingerprint density at radius 2 is 1.90 bits per heavy atom. The Labute approximate surface area is 124 Å². The van der Waals surface area contributed by atoms with Crippen LogP contribution in [0.4, 0.5) is 0 Å². The first-order valence-corrected chi connectivity index (χ1v) is 8.18. The maximum absolute atomic E-state index is 11.4. The quantitative estimate of drug-likeness (QED) is 0.640. The number of rotatable bonds is 4. The smallest absolute Gasteiger partial charge is 0.235 e. The molecule has 0 spiro atoms. The summed E-state index contributed by atoms with van der Waals surface area (Å²) in [4.78, 5) is 8.83. The van der Waals surface area contributed by atoms with Gasteiger partial charge in [-0.2, -0.15) is 0 Å². The molecule has 1 aromatic heterocycles. The summed E-state index contributed by atoms with van der Waals surface area (Å²) in [6.45, 7) is 0.393. The largest absolute Gasteiger partial charge is 0.480 e. The van der Waals surface area contributed by atoms with E-state index in [0.717, 1.165) is 5.56 Å². The Morgan fingerprint density at radius 3 is 2.43 bits per heavy atom. The summed E-state index contributed by atoms with van der Waals surface area (Å²) < 4.78 is 28.0. The van der Waals surface area contributed by atoms with Gasteiger partial charge in [-0.15, -0.1) is 0 Å². The SMILES string of the molecule is COC(=NCc1ccc(S(C)(=O)=O)cc1)c1ccccn1. The topological polar surface area (TPSA) is 68.6 Å². The van der Waals surface area contributed by atoms with Crippen LogP contribution in [-0.2, 0) is 21.1 Å². The first kappa shape index (κ1) is 15.2. The summed E-state index contributed by atoms with van der Waals surface area (Å²) in [6.07, 6.45) is 2.86. The van der Waals surface area contributed by atoms with E-state index in [-0.39, 0.29) is 0 Å². The van der Waals surface area contributed by atoms with Gasteiger partial charge in [0.1, 0.15) is 5.69 Å². The van der Waals surface area contributed by atoms with Crippen LogP contribution in [0.15, 0.2) is 58.5 Å². The minimum absolute atomic E-state index is 0.298. The molecule has 0 N–H and O–H groups in total. The zero-order chi connectivity index (χ0) is 15.3. The minimum Gasteiger partial charge on any atom is -0.480 e. The second kappa shape index (κ2) is 6.49. The zero-order valence-electron chi connectivity index (χ0n) is 11.9. The number of nitrogens with zero attached hydrogens (tertiary/aromatic N) is 2. The van der Waals surface area contributed by atoms with Gasteiger partial charge in [-0.3, -0.25) is 4.98 Å². The van der Waals surface area contributed by atoms with Gasteiger partial charge >= 0.3 is 0 Å². The fraction of sp³-hybridized carbons (Fsp3) is 0.200. The van der Waals surface area contributed by atoms with Crippen molar-refractivity contribution in [2.75, 3.05) is 13.4 Å². The lowest BCUT2D eigenvalue weighted by Crippen LogP contribution is -2.06. The molecule has 0 unspecified atom stereocenters. The molecule has 0 radical (unpaired) electrons. The van der Waals surface area contributed by atoms with E-state index in [2.05, 4.69) is 9.98 Å². The van der Waals surface area contributed by atoms with Gasteiger partial charge in [0, 0.05) is 12.5 Å². The van der Waals surface area contributed by atoms with Crippen molar-refractivity contribution in [1.82, 2.24) is 4.98 Å². The first-order chi connectivity index (χ1) is 10.0. The lowest BCUT2D eigenvalue weighted by atomic mass is 10.2. The van der Waals surface area contributed by atoms with Crippen molar-refractivity contribution in [3.05, 3.63) is 59.9 Å². The second-order valence-electron chi connectivity index (χ2n) is 4.46. The molecular weight excluding hydrogens is 288 g/mol. The van der Waals surface area contributed by atoms with Gasteiger partial charge in [-0.05, 0) is 29.8 Å². The van der Waals surface area contributed by atoms with E-state index in [9.17, 15) is 8.42 Å². The van der Waals surface area contributed by atoms with E-state index in [1.54, 1.807) is 37.6 Å². The highest BCUT2D eigenvalue weighted by Gasteiger charge is 2.07. The first-order valence-electron chi connectivity index (χ1n) is 6.29. The molecule has 0 saturated heterocycles. The maximum Gasteiger partial charge on any atom is 0.235 e. The lowest BCUT2D eigenvalue weighted by Gasteiger charge is -2.05. The summed E-state index contributed by atoms with van der Waals surface area (Å²) in [5.74, 6) is 0.447. The van der Waals surface area contributed by atoms with Crippen LogP contribution in [0.25, 0.3) is 0 Å². The molecule has 5 nitrogen and oxygen atoms in total. The molecule has 2 aromatic rings. The van der Waals surface area contributed by atoms with Crippen molar-refractivity contribution >= 4 is 15.7 Å². The van der Waals surface area contributed by atoms with Gasteiger partial charge in [-0.25, -0.2) is 13.4 Å². The number of methoxy groups -OCH3 is 1. The van der Waals surface area contributed by atoms with Crippen LogP contribution in [0, 0.1) is 0 Å². The molecular formula is C15H16N2O3S. The fourth-order valence-electron chi connectivity index (χ4n) is 1.74. The molecule has 6 heteroatoms. The molecule has 0 saturated carbocycles. The van der Waals surface area contributed by atoms with Crippen molar-refractivity contribution in [2.45, 2.75) is 11.4 Å². The van der Waals surface area contributed by atoms with Gasteiger partial charge in [0.2, 0.25) is 5.90 Å². The van der Waals surface area contributed by atoms with Crippen molar-refractivity contribution in [2.24, 2.45) is 4.99 Å². The highest BCUT2D eigenvalue weighted by atomic mass is 32.2. The third-order valence-electron chi connectivity index (χ3n) is 2.83. The summed E-state index contributed by atoms with van der Waals surface area (Å²) in [7, 11) is -1.63. The van der Waals surface area contributed by atoms with Crippen LogP contribution >= 0.6 is 0 Å². The molecule has 110 valence electrons. The summed E-state index contributed by atoms with van der Waals surface area (Å²) >= 11 is 0. The fourth-order valence-corrected chi connectivity index (χ4v) is 2.38. The number of hydrogen-bond acceptors (Lipinski definition) is 5. The molecule has 2 rings (SSSR count). The van der Waals surface area contributed by atoms with E-state index in [1.807, 2.05) is 18.2 Å². The lowest BCUT2D eigenvalue weighted by molar-refractivity contribution is 0.400. The standard InChI is InChI=1S/C15H16N2O3S/c1-20-15(14-5-3-4-10-16-14)17-11-12-6-8-13(9-7-12)21(2,18)19/h3-10H,11H2,1-2H3. The van der Waals surface area contributed by atoms with Gasteiger partial charge < -0.3 is 4.74 Å². The number of aromatic nitrogens is 1. The third kappa shape index (κ3) is 4.13. The average Bonchev–Trinajstić information content (AvgIpc) is 2.48.